The van der Waals surface area contributed by atoms with Gasteiger partial charge < -0.3 is 14.9 Å². The maximum atomic E-state index is 10.5. The highest BCUT2D eigenvalue weighted by Gasteiger charge is 1.97. The van der Waals surface area contributed by atoms with Crippen LogP contribution in [0.2, 0.25) is 0 Å². The normalized spacial score (nSPS) is 12.6. The lowest BCUT2D eigenvalue weighted by Gasteiger charge is -2.08. The van der Waals surface area contributed by atoms with Crippen LogP contribution in [0.4, 0.5) is 0 Å². The molecule has 0 aliphatic rings. The minimum absolute atomic E-state index is 0.0695. The van der Waals surface area contributed by atoms with E-state index >= 15 is 0 Å². The van der Waals surface area contributed by atoms with Crippen molar-refractivity contribution in [3.63, 3.8) is 0 Å². The zero-order valence-corrected chi connectivity index (χ0v) is 11.8. The van der Waals surface area contributed by atoms with Crippen LogP contribution in [-0.2, 0) is 14.4 Å². The average molecular weight is 258 g/mol. The van der Waals surface area contributed by atoms with E-state index in [9.17, 15) is 4.79 Å². The highest BCUT2D eigenvalue weighted by molar-refractivity contribution is 5.76. The first-order chi connectivity index (χ1) is 8.66. The molecule has 1 N–H and O–H groups in total. The number of carbonyl (C=O) groups excluding carboxylic acids is 1. The molecule has 0 aromatic rings. The summed E-state index contributed by atoms with van der Waals surface area (Å²) in [6.07, 6.45) is 4.61. The van der Waals surface area contributed by atoms with Crippen LogP contribution in [-0.4, -0.2) is 38.5 Å². The Morgan fingerprint density at radius 2 is 2.11 bits per heavy atom. The molecule has 0 radical (unpaired) electrons. The van der Waals surface area contributed by atoms with E-state index in [0.717, 1.165) is 32.5 Å². The molecule has 0 saturated heterocycles. The smallest absolute Gasteiger partial charge is 0.217 e. The standard InChI is InChI=1S/C13H26N2O3/c1-4-12(2)11-17-9-5-6-10-18-15-8-7-14-13(3)16/h8,12H,4-7,9-11H2,1-3H3,(H,14,16)/b15-8-. The molecular formula is C13H26N2O3. The van der Waals surface area contributed by atoms with Gasteiger partial charge >= 0.3 is 0 Å². The predicted molar refractivity (Wildman–Crippen MR) is 72.6 cm³/mol. The van der Waals surface area contributed by atoms with Crippen molar-refractivity contribution in [3.8, 4) is 0 Å². The number of rotatable bonds is 11. The molecule has 5 nitrogen and oxygen atoms in total. The topological polar surface area (TPSA) is 59.9 Å². The fraction of sp³-hybridized carbons (Fsp3) is 0.846. The maximum absolute atomic E-state index is 10.5. The van der Waals surface area contributed by atoms with Crippen LogP contribution < -0.4 is 5.32 Å². The lowest BCUT2D eigenvalue weighted by atomic mass is 10.1. The van der Waals surface area contributed by atoms with Crippen LogP contribution in [0.15, 0.2) is 5.16 Å². The van der Waals surface area contributed by atoms with E-state index in [1.54, 1.807) is 6.21 Å². The number of amides is 1. The SMILES string of the molecule is CCC(C)COCCCCO/N=C\CNC(C)=O. The van der Waals surface area contributed by atoms with Crippen molar-refractivity contribution < 1.29 is 14.4 Å². The number of carbonyl (C=O) groups is 1. The highest BCUT2D eigenvalue weighted by atomic mass is 16.6. The summed E-state index contributed by atoms with van der Waals surface area (Å²) in [6, 6.07) is 0. The van der Waals surface area contributed by atoms with E-state index in [1.165, 1.54) is 6.92 Å². The molecule has 1 amide bonds. The second kappa shape index (κ2) is 12.4. The molecule has 0 fully saturated rings. The van der Waals surface area contributed by atoms with E-state index in [1.807, 2.05) is 0 Å². The van der Waals surface area contributed by atoms with Gasteiger partial charge in [-0.3, -0.25) is 4.79 Å². The summed E-state index contributed by atoms with van der Waals surface area (Å²) in [7, 11) is 0. The number of unbranched alkanes of at least 4 members (excludes halogenated alkanes) is 1. The summed E-state index contributed by atoms with van der Waals surface area (Å²) in [5.74, 6) is 0.569. The monoisotopic (exact) mass is 258 g/mol. The fourth-order valence-electron chi connectivity index (χ4n) is 1.11. The van der Waals surface area contributed by atoms with E-state index in [0.29, 0.717) is 19.1 Å². The summed E-state index contributed by atoms with van der Waals surface area (Å²) in [5.41, 5.74) is 0. The Morgan fingerprint density at radius 1 is 1.39 bits per heavy atom. The molecule has 0 aliphatic carbocycles. The van der Waals surface area contributed by atoms with Crippen LogP contribution in [0.5, 0.6) is 0 Å². The van der Waals surface area contributed by atoms with Crippen LogP contribution in [0.1, 0.15) is 40.0 Å². The first-order valence-electron chi connectivity index (χ1n) is 6.62. The molecule has 0 saturated carbocycles. The second-order valence-corrected chi connectivity index (χ2v) is 4.35. The first-order valence-corrected chi connectivity index (χ1v) is 6.62. The summed E-state index contributed by atoms with van der Waals surface area (Å²) in [6.45, 7) is 8.44. The fourth-order valence-corrected chi connectivity index (χ4v) is 1.11. The van der Waals surface area contributed by atoms with Gasteiger partial charge in [0.15, 0.2) is 0 Å². The van der Waals surface area contributed by atoms with E-state index in [-0.39, 0.29) is 5.91 Å². The van der Waals surface area contributed by atoms with Gasteiger partial charge in [0.25, 0.3) is 0 Å². The Hall–Kier alpha value is -1.10. The molecule has 0 heterocycles. The second-order valence-electron chi connectivity index (χ2n) is 4.35. The first kappa shape index (κ1) is 16.9. The Bertz CT molecular complexity index is 232. The molecule has 0 rings (SSSR count). The molecule has 0 aromatic heterocycles. The summed E-state index contributed by atoms with van der Waals surface area (Å²) >= 11 is 0. The predicted octanol–water partition coefficient (Wildman–Crippen LogP) is 1.97. The minimum Gasteiger partial charge on any atom is -0.396 e. The van der Waals surface area contributed by atoms with Crippen molar-refractivity contribution in [2.75, 3.05) is 26.4 Å². The quantitative estimate of drug-likeness (QED) is 0.350. The van der Waals surface area contributed by atoms with Gasteiger partial charge in [0.1, 0.15) is 6.61 Å². The van der Waals surface area contributed by atoms with Gasteiger partial charge in [0.2, 0.25) is 5.91 Å². The summed E-state index contributed by atoms with van der Waals surface area (Å²) in [5, 5.41) is 6.31. The van der Waals surface area contributed by atoms with Gasteiger partial charge in [-0.05, 0) is 18.8 Å². The summed E-state index contributed by atoms with van der Waals surface area (Å²) in [4.78, 5) is 15.5. The van der Waals surface area contributed by atoms with Gasteiger partial charge in [0.05, 0.1) is 12.8 Å². The molecule has 106 valence electrons. The van der Waals surface area contributed by atoms with Gasteiger partial charge in [-0.2, -0.15) is 0 Å². The summed E-state index contributed by atoms with van der Waals surface area (Å²) < 4.78 is 5.52. The van der Waals surface area contributed by atoms with Crippen LogP contribution in [0, 0.1) is 5.92 Å². The Kier molecular flexibility index (Phi) is 11.6. The molecular weight excluding hydrogens is 232 g/mol. The molecule has 0 bridgehead atoms. The maximum Gasteiger partial charge on any atom is 0.217 e. The Labute approximate surface area is 110 Å². The van der Waals surface area contributed by atoms with Crippen molar-refractivity contribution in [2.45, 2.75) is 40.0 Å². The van der Waals surface area contributed by atoms with Crippen LogP contribution in [0.25, 0.3) is 0 Å². The number of hydrogen-bond donors (Lipinski definition) is 1. The third-order valence-electron chi connectivity index (χ3n) is 2.46. The number of hydrogen-bond acceptors (Lipinski definition) is 4. The third kappa shape index (κ3) is 13.0. The third-order valence-corrected chi connectivity index (χ3v) is 2.46. The molecule has 1 unspecified atom stereocenters. The molecule has 0 aliphatic heterocycles. The van der Waals surface area contributed by atoms with Gasteiger partial charge in [-0.1, -0.05) is 25.4 Å². The van der Waals surface area contributed by atoms with Crippen molar-refractivity contribution >= 4 is 12.1 Å². The van der Waals surface area contributed by atoms with Crippen LogP contribution in [0.3, 0.4) is 0 Å². The lowest BCUT2D eigenvalue weighted by molar-refractivity contribution is -0.118. The number of ether oxygens (including phenoxy) is 1. The van der Waals surface area contributed by atoms with Crippen molar-refractivity contribution in [1.82, 2.24) is 5.32 Å². The number of nitrogens with zero attached hydrogens (tertiary/aromatic N) is 1. The Morgan fingerprint density at radius 3 is 2.78 bits per heavy atom. The van der Waals surface area contributed by atoms with Gasteiger partial charge in [-0.15, -0.1) is 0 Å². The zero-order chi connectivity index (χ0) is 13.6. The van der Waals surface area contributed by atoms with Gasteiger partial charge in [0, 0.05) is 20.1 Å². The highest BCUT2D eigenvalue weighted by Crippen LogP contribution is 2.01. The van der Waals surface area contributed by atoms with Crippen molar-refractivity contribution in [2.24, 2.45) is 11.1 Å². The average Bonchev–Trinajstić information content (AvgIpc) is 2.35. The number of nitrogens with one attached hydrogen (secondary N) is 1. The van der Waals surface area contributed by atoms with Crippen molar-refractivity contribution in [1.29, 1.82) is 0 Å². The molecule has 1 atom stereocenters. The molecule has 0 spiro atoms. The Balaban J connectivity index is 3.14. The molecule has 5 heteroatoms. The largest absolute Gasteiger partial charge is 0.396 e. The molecule has 18 heavy (non-hydrogen) atoms. The zero-order valence-electron chi connectivity index (χ0n) is 11.8. The van der Waals surface area contributed by atoms with E-state index in [2.05, 4.69) is 24.3 Å². The number of oxime groups is 1. The van der Waals surface area contributed by atoms with Gasteiger partial charge in [-0.25, -0.2) is 0 Å². The van der Waals surface area contributed by atoms with E-state index in [4.69, 9.17) is 9.57 Å². The molecule has 0 aromatic carbocycles. The van der Waals surface area contributed by atoms with E-state index < -0.39 is 0 Å². The van der Waals surface area contributed by atoms with Crippen molar-refractivity contribution in [3.05, 3.63) is 0 Å². The lowest BCUT2D eigenvalue weighted by Crippen LogP contribution is -2.21. The van der Waals surface area contributed by atoms with Crippen LogP contribution >= 0.6 is 0 Å². The minimum atomic E-state index is -0.0695.